The highest BCUT2D eigenvalue weighted by molar-refractivity contribution is 7.99. The fraction of sp³-hybridized carbons (Fsp3) is 0.714. The molecule has 0 aromatic heterocycles. The van der Waals surface area contributed by atoms with Crippen molar-refractivity contribution >= 4 is 23.7 Å². The van der Waals surface area contributed by atoms with E-state index in [2.05, 4.69) is 4.74 Å². The number of cyclic esters (lactones) is 2. The zero-order valence-electron chi connectivity index (χ0n) is 5.91. The van der Waals surface area contributed by atoms with Gasteiger partial charge in [0.15, 0.2) is 0 Å². The van der Waals surface area contributed by atoms with Crippen LogP contribution in [0.1, 0.15) is 6.42 Å². The zero-order valence-corrected chi connectivity index (χ0v) is 6.73. The fourth-order valence-corrected chi connectivity index (χ4v) is 2.71. The number of esters is 2. The van der Waals surface area contributed by atoms with Crippen LogP contribution in [0, 0.1) is 11.8 Å². The van der Waals surface area contributed by atoms with Crippen molar-refractivity contribution in [1.29, 1.82) is 0 Å². The standard InChI is InChI=1S/C7H8O3S/c8-6-4-1-2-11-3-5(4)7(9)10-6/h4-5H,1-3H2. The first-order valence-corrected chi connectivity index (χ1v) is 4.78. The molecular formula is C7H8O3S. The van der Waals surface area contributed by atoms with E-state index in [0.29, 0.717) is 0 Å². The number of fused-ring (bicyclic) bond motifs is 1. The Hall–Kier alpha value is -0.510. The van der Waals surface area contributed by atoms with Crippen molar-refractivity contribution in [3.63, 3.8) is 0 Å². The Kier molecular flexibility index (Phi) is 1.64. The summed E-state index contributed by atoms with van der Waals surface area (Å²) in [6, 6.07) is 0. The van der Waals surface area contributed by atoms with Crippen LogP contribution in [0.3, 0.4) is 0 Å². The van der Waals surface area contributed by atoms with E-state index in [1.165, 1.54) is 0 Å². The van der Waals surface area contributed by atoms with Gasteiger partial charge in [0.25, 0.3) is 0 Å². The summed E-state index contributed by atoms with van der Waals surface area (Å²) in [4.78, 5) is 21.9. The smallest absolute Gasteiger partial charge is 0.318 e. The summed E-state index contributed by atoms with van der Waals surface area (Å²) in [6.07, 6.45) is 0.805. The summed E-state index contributed by atoms with van der Waals surface area (Å²) >= 11 is 1.72. The number of carbonyl (C=O) groups is 2. The largest absolute Gasteiger partial charge is 0.393 e. The van der Waals surface area contributed by atoms with Crippen LogP contribution in [0.25, 0.3) is 0 Å². The van der Waals surface area contributed by atoms with E-state index in [1.807, 2.05) is 0 Å². The zero-order chi connectivity index (χ0) is 7.84. The van der Waals surface area contributed by atoms with Crippen LogP contribution in [0.15, 0.2) is 0 Å². The molecule has 2 heterocycles. The number of hydrogen-bond donors (Lipinski definition) is 0. The lowest BCUT2D eigenvalue weighted by molar-refractivity contribution is -0.153. The maximum Gasteiger partial charge on any atom is 0.318 e. The Morgan fingerprint density at radius 3 is 2.73 bits per heavy atom. The van der Waals surface area contributed by atoms with E-state index in [0.717, 1.165) is 17.9 Å². The Bertz CT molecular complexity index is 192. The third kappa shape index (κ3) is 1.05. The van der Waals surface area contributed by atoms with Gasteiger partial charge in [-0.05, 0) is 12.2 Å². The molecule has 60 valence electrons. The van der Waals surface area contributed by atoms with Gasteiger partial charge in [0.2, 0.25) is 0 Å². The average Bonchev–Trinajstić information content (AvgIpc) is 2.30. The summed E-state index contributed by atoms with van der Waals surface area (Å²) in [7, 11) is 0. The average molecular weight is 172 g/mol. The molecule has 0 N–H and O–H groups in total. The molecule has 0 aromatic carbocycles. The highest BCUT2D eigenvalue weighted by Crippen LogP contribution is 2.34. The lowest BCUT2D eigenvalue weighted by Crippen LogP contribution is -2.24. The van der Waals surface area contributed by atoms with Gasteiger partial charge in [-0.2, -0.15) is 11.8 Å². The number of carbonyl (C=O) groups excluding carboxylic acids is 2. The maximum atomic E-state index is 11.0. The molecule has 2 aliphatic heterocycles. The molecule has 3 nitrogen and oxygen atoms in total. The summed E-state index contributed by atoms with van der Waals surface area (Å²) < 4.78 is 4.52. The first kappa shape index (κ1) is 7.16. The molecule has 0 aromatic rings. The SMILES string of the molecule is O=C1OC(=O)C2CSCCC12. The molecule has 0 saturated carbocycles. The Morgan fingerprint density at radius 1 is 1.27 bits per heavy atom. The number of thioether (sulfide) groups is 1. The van der Waals surface area contributed by atoms with Crippen molar-refractivity contribution in [2.45, 2.75) is 6.42 Å². The number of ether oxygens (including phenoxy) is 1. The van der Waals surface area contributed by atoms with Crippen molar-refractivity contribution in [3.8, 4) is 0 Å². The lowest BCUT2D eigenvalue weighted by atomic mass is 9.94. The summed E-state index contributed by atoms with van der Waals surface area (Å²) in [5.74, 6) is 0.858. The van der Waals surface area contributed by atoms with E-state index in [4.69, 9.17) is 0 Å². The number of hydrogen-bond acceptors (Lipinski definition) is 4. The molecule has 2 unspecified atom stereocenters. The van der Waals surface area contributed by atoms with Crippen molar-refractivity contribution in [3.05, 3.63) is 0 Å². The molecule has 0 bridgehead atoms. The van der Waals surface area contributed by atoms with Gasteiger partial charge in [-0.1, -0.05) is 0 Å². The Labute approximate surface area is 68.5 Å². The normalized spacial score (nSPS) is 36.7. The van der Waals surface area contributed by atoms with Crippen LogP contribution in [0.4, 0.5) is 0 Å². The van der Waals surface area contributed by atoms with Gasteiger partial charge in [-0.3, -0.25) is 9.59 Å². The predicted molar refractivity (Wildman–Crippen MR) is 40.0 cm³/mol. The molecular weight excluding hydrogens is 164 g/mol. The summed E-state index contributed by atoms with van der Waals surface area (Å²) in [6.45, 7) is 0. The minimum atomic E-state index is -0.313. The van der Waals surface area contributed by atoms with E-state index in [-0.39, 0.29) is 23.8 Å². The van der Waals surface area contributed by atoms with Crippen molar-refractivity contribution in [2.24, 2.45) is 11.8 Å². The minimum absolute atomic E-state index is 0.122. The molecule has 2 rings (SSSR count). The monoisotopic (exact) mass is 172 g/mol. The second kappa shape index (κ2) is 2.52. The quantitative estimate of drug-likeness (QED) is 0.393. The fourth-order valence-electron chi connectivity index (χ4n) is 1.50. The van der Waals surface area contributed by atoms with Crippen LogP contribution in [-0.4, -0.2) is 23.4 Å². The topological polar surface area (TPSA) is 43.4 Å². The molecule has 0 radical (unpaired) electrons. The lowest BCUT2D eigenvalue weighted by Gasteiger charge is -2.17. The summed E-state index contributed by atoms with van der Waals surface area (Å²) in [5.41, 5.74) is 0. The number of rotatable bonds is 0. The van der Waals surface area contributed by atoms with E-state index in [1.54, 1.807) is 11.8 Å². The van der Waals surface area contributed by atoms with Gasteiger partial charge < -0.3 is 4.74 Å². The molecule has 2 fully saturated rings. The van der Waals surface area contributed by atoms with E-state index >= 15 is 0 Å². The molecule has 2 atom stereocenters. The first-order valence-electron chi connectivity index (χ1n) is 3.62. The molecule has 2 aliphatic rings. The Balaban J connectivity index is 2.19. The predicted octanol–water partition coefficient (Wildman–Crippen LogP) is 0.439. The summed E-state index contributed by atoms with van der Waals surface area (Å²) in [5, 5.41) is 0. The van der Waals surface area contributed by atoms with Gasteiger partial charge in [0.1, 0.15) is 0 Å². The van der Waals surface area contributed by atoms with Crippen LogP contribution in [0.2, 0.25) is 0 Å². The minimum Gasteiger partial charge on any atom is -0.393 e. The third-order valence-electron chi connectivity index (χ3n) is 2.16. The highest BCUT2D eigenvalue weighted by atomic mass is 32.2. The molecule has 0 aliphatic carbocycles. The van der Waals surface area contributed by atoms with E-state index in [9.17, 15) is 9.59 Å². The Morgan fingerprint density at radius 2 is 2.00 bits per heavy atom. The van der Waals surface area contributed by atoms with Crippen LogP contribution < -0.4 is 0 Å². The van der Waals surface area contributed by atoms with Crippen molar-refractivity contribution in [1.82, 2.24) is 0 Å². The van der Waals surface area contributed by atoms with Gasteiger partial charge >= 0.3 is 11.9 Å². The third-order valence-corrected chi connectivity index (χ3v) is 3.28. The van der Waals surface area contributed by atoms with Gasteiger partial charge in [-0.15, -0.1) is 0 Å². The van der Waals surface area contributed by atoms with Crippen LogP contribution in [0.5, 0.6) is 0 Å². The van der Waals surface area contributed by atoms with Gasteiger partial charge in [-0.25, -0.2) is 0 Å². The van der Waals surface area contributed by atoms with Crippen LogP contribution in [-0.2, 0) is 14.3 Å². The molecule has 2 saturated heterocycles. The van der Waals surface area contributed by atoms with E-state index < -0.39 is 0 Å². The second-order valence-corrected chi connectivity index (χ2v) is 3.97. The molecule has 0 spiro atoms. The van der Waals surface area contributed by atoms with Crippen molar-refractivity contribution < 1.29 is 14.3 Å². The molecule has 0 amide bonds. The van der Waals surface area contributed by atoms with Crippen LogP contribution >= 0.6 is 11.8 Å². The van der Waals surface area contributed by atoms with Gasteiger partial charge in [0, 0.05) is 5.75 Å². The first-order chi connectivity index (χ1) is 5.29. The van der Waals surface area contributed by atoms with Gasteiger partial charge in [0.05, 0.1) is 11.8 Å². The van der Waals surface area contributed by atoms with Crippen molar-refractivity contribution in [2.75, 3.05) is 11.5 Å². The molecule has 11 heavy (non-hydrogen) atoms. The second-order valence-electron chi connectivity index (χ2n) is 2.82. The molecule has 4 heteroatoms. The highest BCUT2D eigenvalue weighted by Gasteiger charge is 2.45. The maximum absolute atomic E-state index is 11.0.